The first-order chi connectivity index (χ1) is 10.4. The Morgan fingerprint density at radius 2 is 2.14 bits per heavy atom. The third-order valence-corrected chi connectivity index (χ3v) is 5.86. The first-order valence-electron chi connectivity index (χ1n) is 6.49. The van der Waals surface area contributed by atoms with E-state index in [-0.39, 0.29) is 4.90 Å². The predicted octanol–water partition coefficient (Wildman–Crippen LogP) is 3.29. The molecule has 22 heavy (non-hydrogen) atoms. The number of carbonyl (C=O) groups excluding carboxylic acids is 1. The van der Waals surface area contributed by atoms with Gasteiger partial charge in [-0.3, -0.25) is 5.32 Å². The number of aromatic nitrogens is 1. The Labute approximate surface area is 140 Å². The van der Waals surface area contributed by atoms with Gasteiger partial charge in [-0.1, -0.05) is 23.5 Å². The molecule has 1 aromatic heterocycles. The van der Waals surface area contributed by atoms with Crippen LogP contribution in [0, 0.1) is 0 Å². The fraction of sp³-hybridized carbons (Fsp3) is 0.231. The molecule has 0 atom stereocenters. The number of sulfonamides is 1. The number of thiazole rings is 1. The van der Waals surface area contributed by atoms with Crippen LogP contribution in [-0.4, -0.2) is 19.4 Å². The number of benzene rings is 1. The molecule has 1 aromatic carbocycles. The van der Waals surface area contributed by atoms with Crippen molar-refractivity contribution in [1.82, 2.24) is 9.71 Å². The van der Waals surface area contributed by atoms with Crippen molar-refractivity contribution in [2.75, 3.05) is 5.32 Å². The van der Waals surface area contributed by atoms with Gasteiger partial charge in [-0.2, -0.15) is 0 Å². The Hall–Kier alpha value is -1.45. The van der Waals surface area contributed by atoms with E-state index in [1.807, 2.05) is 10.8 Å². The second-order valence-corrected chi connectivity index (χ2v) is 8.97. The second kappa shape index (κ2) is 5.98. The maximum atomic E-state index is 12.2. The Morgan fingerprint density at radius 3 is 2.77 bits per heavy atom. The van der Waals surface area contributed by atoms with E-state index in [9.17, 15) is 13.2 Å². The molecule has 0 unspecified atom stereocenters. The lowest BCUT2D eigenvalue weighted by atomic mass is 10.1. The number of nitrogens with one attached hydrogen (secondary N) is 2. The van der Waals surface area contributed by atoms with E-state index in [2.05, 4.69) is 26.2 Å². The molecule has 1 heterocycles. The lowest BCUT2D eigenvalue weighted by Gasteiger charge is -2.08. The molecule has 2 amide bonds. The summed E-state index contributed by atoms with van der Waals surface area (Å²) >= 11 is 4.40. The highest BCUT2D eigenvalue weighted by Gasteiger charge is 2.25. The minimum Gasteiger partial charge on any atom is -0.283 e. The quantitative estimate of drug-likeness (QED) is 0.822. The van der Waals surface area contributed by atoms with Crippen molar-refractivity contribution in [3.8, 4) is 0 Å². The van der Waals surface area contributed by atoms with Crippen LogP contribution in [0.2, 0.25) is 0 Å². The van der Waals surface area contributed by atoms with Gasteiger partial charge >= 0.3 is 6.03 Å². The van der Waals surface area contributed by atoms with Crippen molar-refractivity contribution in [3.05, 3.63) is 39.8 Å². The monoisotopic (exact) mass is 401 g/mol. The minimum atomic E-state index is -3.90. The molecule has 3 rings (SSSR count). The predicted molar refractivity (Wildman–Crippen MR) is 87.6 cm³/mol. The number of amides is 2. The van der Waals surface area contributed by atoms with Crippen molar-refractivity contribution in [3.63, 3.8) is 0 Å². The molecular weight excluding hydrogens is 390 g/mol. The topological polar surface area (TPSA) is 88.2 Å². The van der Waals surface area contributed by atoms with Crippen LogP contribution in [0.15, 0.2) is 39.1 Å². The maximum absolute atomic E-state index is 12.2. The van der Waals surface area contributed by atoms with Gasteiger partial charge in [0.2, 0.25) is 0 Å². The Morgan fingerprint density at radius 1 is 1.36 bits per heavy atom. The standard InChI is InChI=1S/C13H12BrN3O3S2/c14-11-7-15-13(21-11)16-12(18)17-22(19,20)10-3-1-2-9(6-10)8-4-5-8/h1-3,6-8H,4-5H2,(H2,15,16,17,18). The van der Waals surface area contributed by atoms with Crippen LogP contribution in [0.3, 0.4) is 0 Å². The Balaban J connectivity index is 1.72. The third kappa shape index (κ3) is 3.65. The molecule has 116 valence electrons. The van der Waals surface area contributed by atoms with Crippen molar-refractivity contribution < 1.29 is 13.2 Å². The highest BCUT2D eigenvalue weighted by atomic mass is 79.9. The van der Waals surface area contributed by atoms with Crippen LogP contribution in [-0.2, 0) is 10.0 Å². The third-order valence-electron chi connectivity index (χ3n) is 3.14. The fourth-order valence-corrected chi connectivity index (χ4v) is 4.03. The molecule has 1 aliphatic rings. The number of nitrogens with zero attached hydrogens (tertiary/aromatic N) is 1. The molecule has 2 aromatic rings. The summed E-state index contributed by atoms with van der Waals surface area (Å²) in [6, 6.07) is 5.86. The average Bonchev–Trinajstić information content (AvgIpc) is 3.23. The molecule has 1 fully saturated rings. The van der Waals surface area contributed by atoms with E-state index in [0.29, 0.717) is 11.0 Å². The van der Waals surface area contributed by atoms with Crippen molar-refractivity contribution in [2.45, 2.75) is 23.7 Å². The fourth-order valence-electron chi connectivity index (χ4n) is 1.97. The maximum Gasteiger partial charge on any atom is 0.334 e. The van der Waals surface area contributed by atoms with Crippen LogP contribution in [0.4, 0.5) is 9.93 Å². The smallest absolute Gasteiger partial charge is 0.283 e. The molecule has 0 aliphatic heterocycles. The number of hydrogen-bond donors (Lipinski definition) is 2. The summed E-state index contributed by atoms with van der Waals surface area (Å²) in [7, 11) is -3.90. The van der Waals surface area contributed by atoms with Crippen molar-refractivity contribution in [1.29, 1.82) is 0 Å². The normalized spacial score (nSPS) is 14.6. The molecule has 2 N–H and O–H groups in total. The number of hydrogen-bond acceptors (Lipinski definition) is 5. The Kier molecular flexibility index (Phi) is 4.20. The number of anilines is 1. The zero-order valence-corrected chi connectivity index (χ0v) is 14.5. The van der Waals surface area contributed by atoms with Gasteiger partial charge in [0.25, 0.3) is 10.0 Å². The number of carbonyl (C=O) groups is 1. The zero-order chi connectivity index (χ0) is 15.7. The molecule has 0 bridgehead atoms. The van der Waals surface area contributed by atoms with Gasteiger partial charge < -0.3 is 0 Å². The molecule has 0 spiro atoms. The largest absolute Gasteiger partial charge is 0.334 e. The van der Waals surface area contributed by atoms with Gasteiger partial charge in [0.15, 0.2) is 5.13 Å². The van der Waals surface area contributed by atoms with E-state index in [1.165, 1.54) is 23.6 Å². The zero-order valence-electron chi connectivity index (χ0n) is 11.2. The van der Waals surface area contributed by atoms with Crippen LogP contribution in [0.25, 0.3) is 0 Å². The lowest BCUT2D eigenvalue weighted by molar-refractivity contribution is 0.256. The summed E-state index contributed by atoms with van der Waals surface area (Å²) in [5.74, 6) is 0.441. The highest BCUT2D eigenvalue weighted by Crippen LogP contribution is 2.40. The van der Waals surface area contributed by atoms with E-state index < -0.39 is 16.1 Å². The molecule has 1 saturated carbocycles. The van der Waals surface area contributed by atoms with E-state index in [4.69, 9.17) is 0 Å². The van der Waals surface area contributed by atoms with Gasteiger partial charge in [0.05, 0.1) is 14.9 Å². The second-order valence-electron chi connectivity index (χ2n) is 4.88. The summed E-state index contributed by atoms with van der Waals surface area (Å²) in [6.45, 7) is 0. The van der Waals surface area contributed by atoms with Gasteiger partial charge in [0.1, 0.15) is 0 Å². The minimum absolute atomic E-state index is 0.0902. The molecule has 9 heteroatoms. The summed E-state index contributed by atoms with van der Waals surface area (Å²) in [6.07, 6.45) is 3.68. The van der Waals surface area contributed by atoms with Gasteiger partial charge in [-0.05, 0) is 52.4 Å². The molecule has 6 nitrogen and oxygen atoms in total. The highest BCUT2D eigenvalue weighted by molar-refractivity contribution is 9.11. The van der Waals surface area contributed by atoms with Crippen LogP contribution in [0.5, 0.6) is 0 Å². The molecule has 1 aliphatic carbocycles. The van der Waals surface area contributed by atoms with E-state index in [0.717, 1.165) is 22.2 Å². The van der Waals surface area contributed by atoms with Crippen molar-refractivity contribution in [2.24, 2.45) is 0 Å². The summed E-state index contributed by atoms with van der Waals surface area (Å²) in [4.78, 5) is 15.8. The van der Waals surface area contributed by atoms with E-state index >= 15 is 0 Å². The first-order valence-corrected chi connectivity index (χ1v) is 9.58. The number of rotatable bonds is 4. The lowest BCUT2D eigenvalue weighted by Crippen LogP contribution is -2.34. The van der Waals surface area contributed by atoms with Gasteiger partial charge in [0, 0.05) is 0 Å². The number of halogens is 1. The Bertz CT molecular complexity index is 815. The molecule has 0 saturated heterocycles. The number of urea groups is 1. The van der Waals surface area contributed by atoms with Gasteiger partial charge in [-0.25, -0.2) is 22.9 Å². The van der Waals surface area contributed by atoms with Crippen LogP contribution < -0.4 is 10.0 Å². The SMILES string of the molecule is O=C(Nc1ncc(Br)s1)NS(=O)(=O)c1cccc(C2CC2)c1. The van der Waals surface area contributed by atoms with E-state index in [1.54, 1.807) is 12.1 Å². The molecule has 0 radical (unpaired) electrons. The van der Waals surface area contributed by atoms with Crippen molar-refractivity contribution >= 4 is 48.5 Å². The van der Waals surface area contributed by atoms with Crippen LogP contribution >= 0.6 is 27.3 Å². The summed E-state index contributed by atoms with van der Waals surface area (Å²) < 4.78 is 27.2. The summed E-state index contributed by atoms with van der Waals surface area (Å²) in [5, 5.41) is 2.70. The molecular formula is C13H12BrN3O3S2. The van der Waals surface area contributed by atoms with Gasteiger partial charge in [-0.15, -0.1) is 0 Å². The average molecular weight is 402 g/mol. The first kappa shape index (κ1) is 15.4. The summed E-state index contributed by atoms with van der Waals surface area (Å²) in [5.41, 5.74) is 0.993. The van der Waals surface area contributed by atoms with Crippen LogP contribution in [0.1, 0.15) is 24.3 Å².